The lowest BCUT2D eigenvalue weighted by Gasteiger charge is -2.17. The molecule has 0 aliphatic rings. The zero-order valence-corrected chi connectivity index (χ0v) is 15.1. The monoisotopic (exact) mass is 392 g/mol. The molecular weight excluding hydrogens is 376 g/mol. The van der Waals surface area contributed by atoms with Crippen LogP contribution in [0.15, 0.2) is 77.5 Å². The Morgan fingerprint density at radius 3 is 2.72 bits per heavy atom. The van der Waals surface area contributed by atoms with E-state index >= 15 is 0 Å². The van der Waals surface area contributed by atoms with Crippen LogP contribution in [0, 0.1) is 0 Å². The summed E-state index contributed by atoms with van der Waals surface area (Å²) in [6, 6.07) is 20.1. The lowest BCUT2D eigenvalue weighted by Crippen LogP contribution is -2.17. The van der Waals surface area contributed by atoms with E-state index in [1.165, 1.54) is 0 Å². The van der Waals surface area contributed by atoms with Crippen LogP contribution in [-0.2, 0) is 6.42 Å². The number of halogens is 1. The van der Waals surface area contributed by atoms with Crippen LogP contribution < -0.4 is 5.73 Å². The van der Waals surface area contributed by atoms with Gasteiger partial charge in [0.05, 0.1) is 17.4 Å². The van der Waals surface area contributed by atoms with E-state index in [1.807, 2.05) is 47.3 Å². The number of aromatic nitrogens is 3. The van der Waals surface area contributed by atoms with Crippen molar-refractivity contribution in [2.45, 2.75) is 12.5 Å². The van der Waals surface area contributed by atoms with E-state index in [1.54, 1.807) is 6.20 Å². The van der Waals surface area contributed by atoms with Gasteiger partial charge in [0.2, 0.25) is 0 Å². The van der Waals surface area contributed by atoms with E-state index in [0.29, 0.717) is 6.42 Å². The predicted molar refractivity (Wildman–Crippen MR) is 104 cm³/mol. The molecular formula is C20H17BrN4. The largest absolute Gasteiger partial charge is 0.324 e. The quantitative estimate of drug-likeness (QED) is 0.558. The minimum Gasteiger partial charge on any atom is -0.324 e. The van der Waals surface area contributed by atoms with Crippen LogP contribution in [0.1, 0.15) is 17.3 Å². The first-order chi connectivity index (χ1) is 12.2. The second-order valence-electron chi connectivity index (χ2n) is 5.95. The van der Waals surface area contributed by atoms with Crippen molar-refractivity contribution in [2.24, 2.45) is 5.73 Å². The highest BCUT2D eigenvalue weighted by Gasteiger charge is 2.15. The second-order valence-corrected chi connectivity index (χ2v) is 6.87. The van der Waals surface area contributed by atoms with Crippen LogP contribution in [-0.4, -0.2) is 14.8 Å². The lowest BCUT2D eigenvalue weighted by atomic mass is 10.0. The molecule has 4 nitrogen and oxygen atoms in total. The van der Waals surface area contributed by atoms with Crippen LogP contribution in [0.25, 0.3) is 16.6 Å². The normalized spacial score (nSPS) is 12.4. The zero-order valence-electron chi connectivity index (χ0n) is 13.5. The van der Waals surface area contributed by atoms with E-state index in [2.05, 4.69) is 50.3 Å². The predicted octanol–water partition coefficient (Wildman–Crippen LogP) is 4.43. The van der Waals surface area contributed by atoms with Crippen molar-refractivity contribution in [1.82, 2.24) is 14.8 Å². The van der Waals surface area contributed by atoms with Gasteiger partial charge >= 0.3 is 0 Å². The van der Waals surface area contributed by atoms with E-state index in [-0.39, 0.29) is 6.04 Å². The highest BCUT2D eigenvalue weighted by atomic mass is 79.9. The molecule has 5 heteroatoms. The molecule has 4 aromatic rings. The molecule has 124 valence electrons. The molecule has 0 saturated heterocycles. The van der Waals surface area contributed by atoms with Crippen molar-refractivity contribution >= 4 is 26.8 Å². The molecule has 0 unspecified atom stereocenters. The van der Waals surface area contributed by atoms with E-state index in [4.69, 9.17) is 5.73 Å². The van der Waals surface area contributed by atoms with Gasteiger partial charge in [-0.25, -0.2) is 4.68 Å². The average Bonchev–Trinajstić information content (AvgIpc) is 3.05. The van der Waals surface area contributed by atoms with E-state index in [9.17, 15) is 0 Å². The summed E-state index contributed by atoms with van der Waals surface area (Å²) in [6.07, 6.45) is 4.36. The number of rotatable bonds is 4. The van der Waals surface area contributed by atoms with Gasteiger partial charge in [0, 0.05) is 34.2 Å². The number of benzene rings is 2. The smallest absolute Gasteiger partial charge is 0.0742 e. The van der Waals surface area contributed by atoms with Gasteiger partial charge < -0.3 is 5.73 Å². The zero-order chi connectivity index (χ0) is 17.2. The highest BCUT2D eigenvalue weighted by molar-refractivity contribution is 9.10. The maximum atomic E-state index is 6.51. The van der Waals surface area contributed by atoms with Crippen LogP contribution in [0.2, 0.25) is 0 Å². The Labute approximate surface area is 154 Å². The van der Waals surface area contributed by atoms with E-state index < -0.39 is 0 Å². The molecule has 0 spiro atoms. The summed E-state index contributed by atoms with van der Waals surface area (Å²) in [6.45, 7) is 0. The van der Waals surface area contributed by atoms with Gasteiger partial charge in [-0.1, -0.05) is 40.2 Å². The van der Waals surface area contributed by atoms with Crippen LogP contribution in [0.5, 0.6) is 0 Å². The summed E-state index contributed by atoms with van der Waals surface area (Å²) in [7, 11) is 0. The Kier molecular flexibility index (Phi) is 4.34. The number of nitrogens with zero attached hydrogens (tertiary/aromatic N) is 3. The van der Waals surface area contributed by atoms with Crippen molar-refractivity contribution in [3.8, 4) is 5.69 Å². The van der Waals surface area contributed by atoms with Gasteiger partial charge in [0.25, 0.3) is 0 Å². The average molecular weight is 393 g/mol. The number of hydrogen-bond donors (Lipinski definition) is 1. The summed E-state index contributed by atoms with van der Waals surface area (Å²) in [5.74, 6) is 0. The van der Waals surface area contributed by atoms with Gasteiger partial charge in [0.1, 0.15) is 0 Å². The van der Waals surface area contributed by atoms with Crippen molar-refractivity contribution in [2.75, 3.05) is 0 Å². The summed E-state index contributed by atoms with van der Waals surface area (Å²) in [4.78, 5) is 4.39. The lowest BCUT2D eigenvalue weighted by molar-refractivity contribution is 0.696. The third kappa shape index (κ3) is 3.21. The maximum Gasteiger partial charge on any atom is 0.0742 e. The molecule has 0 amide bonds. The summed E-state index contributed by atoms with van der Waals surface area (Å²) in [5, 5.41) is 5.67. The van der Waals surface area contributed by atoms with Crippen molar-refractivity contribution in [3.63, 3.8) is 0 Å². The third-order valence-corrected chi connectivity index (χ3v) is 4.74. The topological polar surface area (TPSA) is 56.7 Å². The van der Waals surface area contributed by atoms with Crippen LogP contribution in [0.3, 0.4) is 0 Å². The molecule has 2 N–H and O–H groups in total. The third-order valence-electron chi connectivity index (χ3n) is 4.25. The van der Waals surface area contributed by atoms with Gasteiger partial charge in [0.15, 0.2) is 0 Å². The fraction of sp³-hybridized carbons (Fsp3) is 0.100. The fourth-order valence-electron chi connectivity index (χ4n) is 3.04. The van der Waals surface area contributed by atoms with E-state index in [0.717, 1.165) is 32.3 Å². The number of hydrogen-bond acceptors (Lipinski definition) is 3. The first kappa shape index (κ1) is 16.0. The van der Waals surface area contributed by atoms with Gasteiger partial charge in [-0.05, 0) is 42.0 Å². The standard InChI is InChI=1S/C20H17BrN4/c21-15-8-9-19-14(11-15)13-24-25(19)20-7-2-1-6-17(20)18(22)12-16-5-3-4-10-23-16/h1-11,13,18H,12,22H2/t18-/m0/s1. The van der Waals surface area contributed by atoms with Crippen LogP contribution >= 0.6 is 15.9 Å². The Morgan fingerprint density at radius 2 is 1.88 bits per heavy atom. The Hall–Kier alpha value is -2.50. The molecule has 0 bridgehead atoms. The van der Waals surface area contributed by atoms with Crippen LogP contribution in [0.4, 0.5) is 0 Å². The highest BCUT2D eigenvalue weighted by Crippen LogP contribution is 2.27. The number of pyridine rings is 1. The Bertz CT molecular complexity index is 1010. The molecule has 0 aliphatic carbocycles. The number of nitrogens with two attached hydrogens (primary N) is 1. The Balaban J connectivity index is 1.76. The first-order valence-electron chi connectivity index (χ1n) is 8.10. The molecule has 0 saturated carbocycles. The molecule has 0 fully saturated rings. The molecule has 2 aromatic heterocycles. The van der Waals surface area contributed by atoms with Gasteiger partial charge in [-0.15, -0.1) is 0 Å². The first-order valence-corrected chi connectivity index (χ1v) is 8.90. The molecule has 1 atom stereocenters. The second kappa shape index (κ2) is 6.78. The molecule has 0 aliphatic heterocycles. The number of fused-ring (bicyclic) bond motifs is 1. The molecule has 2 heterocycles. The number of para-hydroxylation sites is 1. The van der Waals surface area contributed by atoms with Crippen molar-refractivity contribution in [3.05, 3.63) is 88.8 Å². The molecule has 25 heavy (non-hydrogen) atoms. The molecule has 4 rings (SSSR count). The maximum absolute atomic E-state index is 6.51. The fourth-order valence-corrected chi connectivity index (χ4v) is 3.42. The molecule has 2 aromatic carbocycles. The van der Waals surface area contributed by atoms with Gasteiger partial charge in [-0.3, -0.25) is 4.98 Å². The minimum atomic E-state index is -0.152. The molecule has 0 radical (unpaired) electrons. The summed E-state index contributed by atoms with van der Waals surface area (Å²) < 4.78 is 3.00. The van der Waals surface area contributed by atoms with Gasteiger partial charge in [-0.2, -0.15) is 5.10 Å². The van der Waals surface area contributed by atoms with Crippen molar-refractivity contribution < 1.29 is 0 Å². The minimum absolute atomic E-state index is 0.152. The SMILES string of the molecule is N[C@@H](Cc1ccccn1)c1ccccc1-n1ncc2cc(Br)ccc21. The van der Waals surface area contributed by atoms with Crippen molar-refractivity contribution in [1.29, 1.82) is 0 Å². The summed E-state index contributed by atoms with van der Waals surface area (Å²) >= 11 is 3.51. The summed E-state index contributed by atoms with van der Waals surface area (Å²) in [5.41, 5.74) is 10.6. The Morgan fingerprint density at radius 1 is 1.04 bits per heavy atom.